The largest absolute Gasteiger partial charge is 0.360 e. The van der Waals surface area contributed by atoms with Crippen LogP contribution in [-0.4, -0.2) is 57.8 Å². The average Bonchev–Trinajstić information content (AvgIpc) is 3.16. The summed E-state index contributed by atoms with van der Waals surface area (Å²) in [5.41, 5.74) is 2.42. The Balaban J connectivity index is 1.17. The molecule has 2 aliphatic rings. The molecule has 0 aliphatic carbocycles. The molecule has 4 rings (SSSR count). The first kappa shape index (κ1) is 19.9. The number of benzene rings is 2. The number of quaternary nitrogens is 2. The van der Waals surface area contributed by atoms with E-state index in [-0.39, 0.29) is 11.7 Å². The van der Waals surface area contributed by atoms with Crippen LogP contribution in [0.1, 0.15) is 12.0 Å². The van der Waals surface area contributed by atoms with E-state index in [4.69, 9.17) is 0 Å². The molecule has 1 amide bonds. The maximum absolute atomic E-state index is 13.1. The summed E-state index contributed by atoms with van der Waals surface area (Å²) in [6.45, 7) is 7.35. The van der Waals surface area contributed by atoms with E-state index >= 15 is 0 Å². The van der Waals surface area contributed by atoms with Crippen LogP contribution in [0.5, 0.6) is 0 Å². The van der Waals surface area contributed by atoms with Gasteiger partial charge in [-0.15, -0.1) is 0 Å². The maximum atomic E-state index is 13.1. The molecular formula is C23H31FN4O+2. The number of rotatable bonds is 6. The fraction of sp³-hybridized carbons (Fsp3) is 0.435. The van der Waals surface area contributed by atoms with Gasteiger partial charge in [-0.3, -0.25) is 4.79 Å². The second-order valence-electron chi connectivity index (χ2n) is 8.31. The van der Waals surface area contributed by atoms with Crippen molar-refractivity contribution >= 4 is 11.6 Å². The van der Waals surface area contributed by atoms with Crippen LogP contribution < -0.4 is 20.0 Å². The standard InChI is InChI=1S/C23H29FN4O/c24-20-6-8-22(9-7-20)28-14-12-26(13-15-28)18-23(29)25-21-10-11-27(17-21)16-19-4-2-1-3-5-19/h1-9,21H,10-18H2,(H,25,29)/p+2/t21-/m0/s1. The van der Waals surface area contributed by atoms with E-state index in [2.05, 4.69) is 34.5 Å². The monoisotopic (exact) mass is 398 g/mol. The highest BCUT2D eigenvalue weighted by Crippen LogP contribution is 2.14. The summed E-state index contributed by atoms with van der Waals surface area (Å²) in [6.07, 6.45) is 1.06. The van der Waals surface area contributed by atoms with E-state index in [1.807, 2.05) is 18.2 Å². The van der Waals surface area contributed by atoms with Crippen LogP contribution in [0, 0.1) is 5.82 Å². The van der Waals surface area contributed by atoms with E-state index < -0.39 is 0 Å². The zero-order valence-electron chi connectivity index (χ0n) is 16.9. The van der Waals surface area contributed by atoms with Gasteiger partial charge in [0, 0.05) is 17.7 Å². The third-order valence-electron chi connectivity index (χ3n) is 6.12. The molecule has 2 aromatic carbocycles. The number of nitrogens with one attached hydrogen (secondary N) is 3. The first-order chi connectivity index (χ1) is 14.2. The first-order valence-electron chi connectivity index (χ1n) is 10.7. The number of anilines is 1. The molecule has 0 spiro atoms. The third-order valence-corrected chi connectivity index (χ3v) is 6.12. The number of piperazine rings is 1. The lowest BCUT2D eigenvalue weighted by molar-refractivity contribution is -0.901. The van der Waals surface area contributed by atoms with Crippen LogP contribution in [0.15, 0.2) is 54.6 Å². The van der Waals surface area contributed by atoms with Crippen LogP contribution in [0.2, 0.25) is 0 Å². The predicted molar refractivity (Wildman–Crippen MR) is 112 cm³/mol. The van der Waals surface area contributed by atoms with Gasteiger partial charge in [-0.25, -0.2) is 4.39 Å². The van der Waals surface area contributed by atoms with Crippen molar-refractivity contribution in [3.05, 3.63) is 66.0 Å². The second-order valence-corrected chi connectivity index (χ2v) is 8.31. The molecule has 0 radical (unpaired) electrons. The van der Waals surface area contributed by atoms with Crippen molar-refractivity contribution in [3.63, 3.8) is 0 Å². The quantitative estimate of drug-likeness (QED) is 0.615. The van der Waals surface area contributed by atoms with Crippen molar-refractivity contribution in [1.82, 2.24) is 5.32 Å². The van der Waals surface area contributed by atoms with Gasteiger partial charge in [0.2, 0.25) is 0 Å². The van der Waals surface area contributed by atoms with Gasteiger partial charge in [0.15, 0.2) is 6.54 Å². The van der Waals surface area contributed by atoms with Crippen molar-refractivity contribution in [2.75, 3.05) is 50.7 Å². The SMILES string of the molecule is O=C(C[NH+]1CCN(c2ccc(F)cc2)CC1)N[C@H]1CC[NH+](Cc2ccccc2)C1. The normalized spacial score (nSPS) is 22.6. The Morgan fingerprint density at radius 2 is 1.72 bits per heavy atom. The molecular weight excluding hydrogens is 367 g/mol. The number of amides is 1. The van der Waals surface area contributed by atoms with Gasteiger partial charge in [0.05, 0.1) is 45.3 Å². The molecule has 2 aliphatic heterocycles. The lowest BCUT2D eigenvalue weighted by atomic mass is 10.2. The molecule has 5 nitrogen and oxygen atoms in total. The Morgan fingerprint density at radius 3 is 2.45 bits per heavy atom. The van der Waals surface area contributed by atoms with Gasteiger partial charge in [0.1, 0.15) is 12.4 Å². The molecule has 0 aromatic heterocycles. The Hall–Kier alpha value is -2.44. The Bertz CT molecular complexity index is 790. The number of likely N-dealkylation sites (tertiary alicyclic amines) is 1. The molecule has 1 unspecified atom stereocenters. The predicted octanol–water partition coefficient (Wildman–Crippen LogP) is -0.496. The van der Waals surface area contributed by atoms with Crippen molar-refractivity contribution in [2.45, 2.75) is 19.0 Å². The smallest absolute Gasteiger partial charge is 0.275 e. The van der Waals surface area contributed by atoms with Crippen LogP contribution in [-0.2, 0) is 11.3 Å². The minimum Gasteiger partial charge on any atom is -0.360 e. The van der Waals surface area contributed by atoms with Gasteiger partial charge in [-0.2, -0.15) is 0 Å². The van der Waals surface area contributed by atoms with E-state index in [1.165, 1.54) is 22.6 Å². The highest BCUT2D eigenvalue weighted by Gasteiger charge is 2.29. The number of halogens is 1. The summed E-state index contributed by atoms with van der Waals surface area (Å²) >= 11 is 0. The molecule has 0 saturated carbocycles. The van der Waals surface area contributed by atoms with Crippen molar-refractivity contribution in [1.29, 1.82) is 0 Å². The molecule has 2 aromatic rings. The number of nitrogens with zero attached hydrogens (tertiary/aromatic N) is 1. The lowest BCUT2D eigenvalue weighted by Crippen LogP contribution is -3.16. The molecule has 2 atom stereocenters. The first-order valence-corrected chi connectivity index (χ1v) is 10.7. The van der Waals surface area contributed by atoms with Crippen LogP contribution >= 0.6 is 0 Å². The molecule has 154 valence electrons. The summed E-state index contributed by atoms with van der Waals surface area (Å²) in [4.78, 5) is 17.7. The summed E-state index contributed by atoms with van der Waals surface area (Å²) in [6, 6.07) is 17.5. The van der Waals surface area contributed by atoms with Gasteiger partial charge in [0.25, 0.3) is 5.91 Å². The summed E-state index contributed by atoms with van der Waals surface area (Å²) in [5.74, 6) is -0.0352. The minimum atomic E-state index is -0.203. The summed E-state index contributed by atoms with van der Waals surface area (Å²) in [5, 5.41) is 3.26. The Kier molecular flexibility index (Phi) is 6.42. The summed E-state index contributed by atoms with van der Waals surface area (Å²) in [7, 11) is 0. The van der Waals surface area contributed by atoms with E-state index in [9.17, 15) is 9.18 Å². The number of hydrogen-bond acceptors (Lipinski definition) is 2. The van der Waals surface area contributed by atoms with Gasteiger partial charge >= 0.3 is 0 Å². The third kappa shape index (κ3) is 5.55. The molecule has 2 saturated heterocycles. The van der Waals surface area contributed by atoms with Gasteiger partial charge < -0.3 is 20.0 Å². The topological polar surface area (TPSA) is 41.2 Å². The molecule has 2 heterocycles. The molecule has 0 bridgehead atoms. The van der Waals surface area contributed by atoms with Crippen molar-refractivity contribution in [3.8, 4) is 0 Å². The second kappa shape index (κ2) is 9.37. The lowest BCUT2D eigenvalue weighted by Gasteiger charge is -2.33. The molecule has 6 heteroatoms. The summed E-state index contributed by atoms with van der Waals surface area (Å²) < 4.78 is 13.1. The Labute approximate surface area is 172 Å². The highest BCUT2D eigenvalue weighted by molar-refractivity contribution is 5.77. The Morgan fingerprint density at radius 1 is 1.00 bits per heavy atom. The van der Waals surface area contributed by atoms with E-state index in [0.29, 0.717) is 12.6 Å². The van der Waals surface area contributed by atoms with Gasteiger partial charge in [-0.1, -0.05) is 30.3 Å². The number of hydrogen-bond donors (Lipinski definition) is 3. The zero-order valence-corrected chi connectivity index (χ0v) is 16.9. The van der Waals surface area contributed by atoms with Gasteiger partial charge in [-0.05, 0) is 24.3 Å². The maximum Gasteiger partial charge on any atom is 0.275 e. The van der Waals surface area contributed by atoms with E-state index in [1.54, 1.807) is 4.90 Å². The minimum absolute atomic E-state index is 0.168. The fourth-order valence-electron chi connectivity index (χ4n) is 4.51. The number of carbonyl (C=O) groups excluding carboxylic acids is 1. The molecule has 2 fully saturated rings. The average molecular weight is 399 g/mol. The van der Waals surface area contributed by atoms with Crippen LogP contribution in [0.4, 0.5) is 10.1 Å². The highest BCUT2D eigenvalue weighted by atomic mass is 19.1. The van der Waals surface area contributed by atoms with Crippen molar-refractivity contribution < 1.29 is 19.0 Å². The van der Waals surface area contributed by atoms with Crippen LogP contribution in [0.25, 0.3) is 0 Å². The fourth-order valence-corrected chi connectivity index (χ4v) is 4.51. The zero-order chi connectivity index (χ0) is 20.1. The van der Waals surface area contributed by atoms with Crippen LogP contribution in [0.3, 0.4) is 0 Å². The molecule has 29 heavy (non-hydrogen) atoms. The number of carbonyl (C=O) groups is 1. The van der Waals surface area contributed by atoms with Crippen molar-refractivity contribution in [2.24, 2.45) is 0 Å². The van der Waals surface area contributed by atoms with E-state index in [0.717, 1.165) is 57.9 Å². The molecule has 3 N–H and O–H groups in total.